The van der Waals surface area contributed by atoms with Crippen molar-refractivity contribution < 1.29 is 9.26 Å². The molecule has 142 valence electrons. The number of nitrogens with zero attached hydrogens (tertiary/aromatic N) is 3. The lowest BCUT2D eigenvalue weighted by molar-refractivity contribution is 0.143. The molecule has 8 heteroatoms. The molecule has 2 aromatic rings. The monoisotopic (exact) mass is 379 g/mol. The Morgan fingerprint density at radius 3 is 2.88 bits per heavy atom. The third-order valence-corrected chi connectivity index (χ3v) is 3.85. The summed E-state index contributed by atoms with van der Waals surface area (Å²) in [5, 5.41) is 11.2. The number of rotatable bonds is 10. The van der Waals surface area contributed by atoms with Crippen LogP contribution in [0.1, 0.15) is 25.7 Å². The highest BCUT2D eigenvalue weighted by Crippen LogP contribution is 2.19. The molecule has 0 radical (unpaired) electrons. The standard InChI is InChI=1S/C18H26ClN5O2/c1-3-25-12-5-4-10-21-18(20-2)22-11-9-16-23-17(24-26-16)14-7-6-8-15(19)13-14/h6-8,13H,3-5,9-12H2,1-2H3,(H2,20,21,22). The molecule has 2 rings (SSSR count). The van der Waals surface area contributed by atoms with Gasteiger partial charge in [-0.25, -0.2) is 0 Å². The van der Waals surface area contributed by atoms with Crippen molar-refractivity contribution in [3.05, 3.63) is 35.2 Å². The summed E-state index contributed by atoms with van der Waals surface area (Å²) in [7, 11) is 1.75. The van der Waals surface area contributed by atoms with E-state index in [0.717, 1.165) is 44.1 Å². The number of halogens is 1. The average molecular weight is 380 g/mol. The number of nitrogens with one attached hydrogen (secondary N) is 2. The zero-order valence-electron chi connectivity index (χ0n) is 15.3. The number of hydrogen-bond donors (Lipinski definition) is 2. The smallest absolute Gasteiger partial charge is 0.228 e. The molecule has 0 aliphatic carbocycles. The summed E-state index contributed by atoms with van der Waals surface area (Å²) in [5.74, 6) is 1.87. The first-order valence-electron chi connectivity index (χ1n) is 8.83. The lowest BCUT2D eigenvalue weighted by atomic mass is 10.2. The molecule has 0 bridgehead atoms. The van der Waals surface area contributed by atoms with Crippen LogP contribution in [0, 0.1) is 0 Å². The van der Waals surface area contributed by atoms with E-state index in [4.69, 9.17) is 20.9 Å². The Kier molecular flexibility index (Phi) is 8.92. The first-order chi connectivity index (χ1) is 12.7. The van der Waals surface area contributed by atoms with Gasteiger partial charge in [-0.15, -0.1) is 0 Å². The van der Waals surface area contributed by atoms with Crippen LogP contribution in [0.15, 0.2) is 33.8 Å². The van der Waals surface area contributed by atoms with E-state index in [1.54, 1.807) is 7.05 Å². The summed E-state index contributed by atoms with van der Waals surface area (Å²) < 4.78 is 10.6. The Morgan fingerprint density at radius 2 is 2.12 bits per heavy atom. The molecule has 0 spiro atoms. The Balaban J connectivity index is 1.70. The summed E-state index contributed by atoms with van der Waals surface area (Å²) in [4.78, 5) is 8.60. The summed E-state index contributed by atoms with van der Waals surface area (Å²) in [5.41, 5.74) is 0.838. The molecule has 0 amide bonds. The van der Waals surface area contributed by atoms with Crippen LogP contribution >= 0.6 is 11.6 Å². The van der Waals surface area contributed by atoms with Crippen LogP contribution in [0.2, 0.25) is 5.02 Å². The third-order valence-electron chi connectivity index (χ3n) is 3.62. The maximum atomic E-state index is 5.99. The van der Waals surface area contributed by atoms with E-state index in [0.29, 0.717) is 29.7 Å². The first kappa shape index (κ1) is 20.2. The normalized spacial score (nSPS) is 11.6. The third kappa shape index (κ3) is 7.01. The fourth-order valence-electron chi connectivity index (χ4n) is 2.29. The molecule has 0 fully saturated rings. The van der Waals surface area contributed by atoms with Crippen molar-refractivity contribution in [2.24, 2.45) is 4.99 Å². The minimum absolute atomic E-state index is 0.541. The van der Waals surface area contributed by atoms with Gasteiger partial charge in [-0.3, -0.25) is 4.99 Å². The maximum Gasteiger partial charge on any atom is 0.228 e. The second kappa shape index (κ2) is 11.5. The second-order valence-corrected chi connectivity index (χ2v) is 6.04. The van der Waals surface area contributed by atoms with Crippen molar-refractivity contribution in [3.8, 4) is 11.4 Å². The molecule has 7 nitrogen and oxygen atoms in total. The summed E-state index contributed by atoms with van der Waals surface area (Å²) in [6.07, 6.45) is 2.68. The predicted molar refractivity (Wildman–Crippen MR) is 104 cm³/mol. The van der Waals surface area contributed by atoms with Crippen molar-refractivity contribution in [2.45, 2.75) is 26.2 Å². The van der Waals surface area contributed by atoms with Gasteiger partial charge < -0.3 is 19.9 Å². The van der Waals surface area contributed by atoms with Crippen LogP contribution in [0.4, 0.5) is 0 Å². The minimum Gasteiger partial charge on any atom is -0.382 e. The fourth-order valence-corrected chi connectivity index (χ4v) is 2.48. The number of guanidine groups is 1. The molecule has 0 aliphatic heterocycles. The van der Waals surface area contributed by atoms with Gasteiger partial charge in [0.05, 0.1) is 0 Å². The summed E-state index contributed by atoms with van der Waals surface area (Å²) in [6, 6.07) is 7.38. The van der Waals surface area contributed by atoms with Gasteiger partial charge in [0.25, 0.3) is 0 Å². The quantitative estimate of drug-likeness (QED) is 0.375. The number of unbranched alkanes of at least 4 members (excludes halogenated alkanes) is 1. The zero-order chi connectivity index (χ0) is 18.6. The van der Waals surface area contributed by atoms with Crippen LogP contribution < -0.4 is 10.6 Å². The largest absolute Gasteiger partial charge is 0.382 e. The van der Waals surface area contributed by atoms with E-state index in [9.17, 15) is 0 Å². The molecular formula is C18H26ClN5O2. The highest BCUT2D eigenvalue weighted by atomic mass is 35.5. The van der Waals surface area contributed by atoms with E-state index in [1.807, 2.05) is 31.2 Å². The van der Waals surface area contributed by atoms with E-state index in [2.05, 4.69) is 25.8 Å². The van der Waals surface area contributed by atoms with Crippen molar-refractivity contribution in [1.82, 2.24) is 20.8 Å². The molecule has 0 aliphatic rings. The van der Waals surface area contributed by atoms with Crippen LogP contribution in [-0.2, 0) is 11.2 Å². The van der Waals surface area contributed by atoms with Crippen molar-refractivity contribution in [1.29, 1.82) is 0 Å². The zero-order valence-corrected chi connectivity index (χ0v) is 16.1. The Hall–Kier alpha value is -2.12. The van der Waals surface area contributed by atoms with Gasteiger partial charge in [0.15, 0.2) is 5.96 Å². The molecular weight excluding hydrogens is 354 g/mol. The molecule has 0 saturated heterocycles. The van der Waals surface area contributed by atoms with Gasteiger partial charge in [0.2, 0.25) is 11.7 Å². The fraction of sp³-hybridized carbons (Fsp3) is 0.500. The second-order valence-electron chi connectivity index (χ2n) is 5.60. The van der Waals surface area contributed by atoms with Gasteiger partial charge in [-0.2, -0.15) is 4.98 Å². The Bertz CT molecular complexity index is 690. The topological polar surface area (TPSA) is 84.6 Å². The average Bonchev–Trinajstić information content (AvgIpc) is 3.12. The number of benzene rings is 1. The molecule has 1 aromatic heterocycles. The predicted octanol–water partition coefficient (Wildman–Crippen LogP) is 2.91. The van der Waals surface area contributed by atoms with Crippen LogP contribution in [0.5, 0.6) is 0 Å². The molecule has 1 heterocycles. The number of hydrogen-bond acceptors (Lipinski definition) is 5. The van der Waals surface area contributed by atoms with Crippen LogP contribution in [0.3, 0.4) is 0 Å². The van der Waals surface area contributed by atoms with E-state index >= 15 is 0 Å². The van der Waals surface area contributed by atoms with Crippen molar-refractivity contribution >= 4 is 17.6 Å². The van der Waals surface area contributed by atoms with Crippen molar-refractivity contribution in [2.75, 3.05) is 33.4 Å². The number of aromatic nitrogens is 2. The number of aliphatic imine (C=N–C) groups is 1. The molecule has 26 heavy (non-hydrogen) atoms. The van der Waals surface area contributed by atoms with Crippen LogP contribution in [-0.4, -0.2) is 49.5 Å². The highest BCUT2D eigenvalue weighted by molar-refractivity contribution is 6.30. The van der Waals surface area contributed by atoms with E-state index in [-0.39, 0.29) is 0 Å². The van der Waals surface area contributed by atoms with E-state index < -0.39 is 0 Å². The first-order valence-corrected chi connectivity index (χ1v) is 9.21. The SMILES string of the molecule is CCOCCCCNC(=NC)NCCc1nc(-c2cccc(Cl)c2)no1. The van der Waals surface area contributed by atoms with Crippen LogP contribution in [0.25, 0.3) is 11.4 Å². The Morgan fingerprint density at radius 1 is 1.27 bits per heavy atom. The van der Waals surface area contributed by atoms with Crippen molar-refractivity contribution in [3.63, 3.8) is 0 Å². The molecule has 1 aromatic carbocycles. The summed E-state index contributed by atoms with van der Waals surface area (Å²) in [6.45, 7) is 5.08. The van der Waals surface area contributed by atoms with E-state index in [1.165, 1.54) is 0 Å². The minimum atomic E-state index is 0.541. The summed E-state index contributed by atoms with van der Waals surface area (Å²) >= 11 is 5.99. The van der Waals surface area contributed by atoms with Gasteiger partial charge in [0, 0.05) is 50.4 Å². The van der Waals surface area contributed by atoms with Gasteiger partial charge in [-0.05, 0) is 31.9 Å². The highest BCUT2D eigenvalue weighted by Gasteiger charge is 2.09. The van der Waals surface area contributed by atoms with Gasteiger partial charge >= 0.3 is 0 Å². The molecule has 0 saturated carbocycles. The molecule has 0 unspecified atom stereocenters. The lowest BCUT2D eigenvalue weighted by Crippen LogP contribution is -2.38. The lowest BCUT2D eigenvalue weighted by Gasteiger charge is -2.10. The van der Waals surface area contributed by atoms with Gasteiger partial charge in [0.1, 0.15) is 0 Å². The Labute approximate surface area is 159 Å². The molecule has 0 atom stereocenters. The molecule has 2 N–H and O–H groups in total. The van der Waals surface area contributed by atoms with Gasteiger partial charge in [-0.1, -0.05) is 28.9 Å². The maximum absolute atomic E-state index is 5.99. The number of ether oxygens (including phenoxy) is 1.